The van der Waals surface area contributed by atoms with Crippen molar-refractivity contribution in [3.05, 3.63) is 91.8 Å². The molecule has 1 aliphatic heterocycles. The van der Waals surface area contributed by atoms with Gasteiger partial charge in [-0.1, -0.05) is 18.7 Å². The van der Waals surface area contributed by atoms with Crippen LogP contribution in [0.15, 0.2) is 52.2 Å². The normalized spacial score (nSPS) is 14.8. The molecule has 0 spiro atoms. The van der Waals surface area contributed by atoms with Crippen molar-refractivity contribution in [1.29, 1.82) is 0 Å². The van der Waals surface area contributed by atoms with E-state index in [1.54, 1.807) is 17.0 Å². The Morgan fingerprint density at radius 3 is 2.51 bits per heavy atom. The lowest BCUT2D eigenvalue weighted by Gasteiger charge is -2.23. The highest BCUT2D eigenvalue weighted by molar-refractivity contribution is 7.15. The van der Waals surface area contributed by atoms with Crippen molar-refractivity contribution in [3.63, 3.8) is 0 Å². The van der Waals surface area contributed by atoms with Crippen LogP contribution in [0.1, 0.15) is 56.3 Å². The molecule has 7 nitrogen and oxygen atoms in total. The average Bonchev–Trinajstić information content (AvgIpc) is 3.35. The summed E-state index contributed by atoms with van der Waals surface area (Å²) in [6, 6.07) is 8.36. The Bertz CT molecular complexity index is 1600. The van der Waals surface area contributed by atoms with Crippen molar-refractivity contribution < 1.29 is 18.7 Å². The summed E-state index contributed by atoms with van der Waals surface area (Å²) < 4.78 is 17.8. The van der Waals surface area contributed by atoms with Crippen LogP contribution in [0.25, 0.3) is 11.0 Å². The number of aromatic nitrogens is 1. The Hall–Kier alpha value is -3.91. The Balaban J connectivity index is 1.77. The monoisotopic (exact) mass is 516 g/mol. The summed E-state index contributed by atoms with van der Waals surface area (Å²) in [4.78, 5) is 35.0. The molecule has 5 rings (SSSR count). The molecule has 1 amide bonds. The molecule has 0 aliphatic carbocycles. The molecule has 8 heteroatoms. The van der Waals surface area contributed by atoms with Crippen molar-refractivity contribution in [1.82, 2.24) is 4.98 Å². The number of amides is 1. The quantitative estimate of drug-likeness (QED) is 0.272. The molecule has 190 valence electrons. The lowest BCUT2D eigenvalue weighted by atomic mass is 9.97. The molecular formula is C29H28N2O5S. The zero-order valence-corrected chi connectivity index (χ0v) is 22.3. The molecule has 3 heterocycles. The van der Waals surface area contributed by atoms with Crippen LogP contribution in [-0.4, -0.2) is 24.1 Å². The minimum Gasteiger partial charge on any atom is -0.490 e. The number of benzene rings is 2. The molecule has 0 saturated heterocycles. The average molecular weight is 517 g/mol. The van der Waals surface area contributed by atoms with Crippen LogP contribution in [-0.2, 0) is 0 Å². The highest BCUT2D eigenvalue weighted by atomic mass is 32.1. The number of ether oxygens (including phenoxy) is 2. The van der Waals surface area contributed by atoms with Crippen molar-refractivity contribution in [2.24, 2.45) is 0 Å². The van der Waals surface area contributed by atoms with E-state index in [2.05, 4.69) is 11.6 Å². The standard InChI is InChI=1S/C29H28N2O5S/c1-7-11-35-21-10-9-19(14-23(21)34-8-2)25-24-26(32)20-12-15(3)16(4)13-22(20)36-27(24)28(33)31(25)29-30-17(5)18(6)37-29/h7,9-10,12-14,25H,1,8,11H2,2-6H3. The fraction of sp³-hybridized carbons (Fsp3) is 0.276. The number of hydrogen-bond acceptors (Lipinski definition) is 7. The number of fused-ring (bicyclic) bond motifs is 2. The Morgan fingerprint density at radius 1 is 1.08 bits per heavy atom. The van der Waals surface area contributed by atoms with Crippen LogP contribution in [0.4, 0.5) is 5.13 Å². The van der Waals surface area contributed by atoms with Crippen molar-refractivity contribution in [2.75, 3.05) is 18.1 Å². The first-order chi connectivity index (χ1) is 17.7. The molecule has 2 aromatic carbocycles. The highest BCUT2D eigenvalue weighted by Crippen LogP contribution is 2.44. The Labute approximate surface area is 219 Å². The van der Waals surface area contributed by atoms with E-state index in [4.69, 9.17) is 13.9 Å². The van der Waals surface area contributed by atoms with Crippen molar-refractivity contribution in [3.8, 4) is 11.5 Å². The van der Waals surface area contributed by atoms with Gasteiger partial charge in [-0.2, -0.15) is 0 Å². The zero-order chi connectivity index (χ0) is 26.4. The summed E-state index contributed by atoms with van der Waals surface area (Å²) in [5, 5.41) is 0.959. The lowest BCUT2D eigenvalue weighted by Crippen LogP contribution is -2.29. The highest BCUT2D eigenvalue weighted by Gasteiger charge is 2.45. The van der Waals surface area contributed by atoms with E-state index >= 15 is 0 Å². The largest absolute Gasteiger partial charge is 0.490 e. The van der Waals surface area contributed by atoms with Gasteiger partial charge in [0.05, 0.1) is 29.3 Å². The first-order valence-corrected chi connectivity index (χ1v) is 12.9. The predicted octanol–water partition coefficient (Wildman–Crippen LogP) is 6.20. The predicted molar refractivity (Wildman–Crippen MR) is 146 cm³/mol. The van der Waals surface area contributed by atoms with Crippen LogP contribution < -0.4 is 19.8 Å². The Kier molecular flexibility index (Phi) is 6.37. The second-order valence-corrected chi connectivity index (χ2v) is 10.2. The van der Waals surface area contributed by atoms with Crippen LogP contribution >= 0.6 is 11.3 Å². The smallest absolute Gasteiger partial charge is 0.297 e. The number of nitrogens with zero attached hydrogens (tertiary/aromatic N) is 2. The van der Waals surface area contributed by atoms with E-state index in [-0.39, 0.29) is 11.2 Å². The van der Waals surface area contributed by atoms with Gasteiger partial charge in [-0.3, -0.25) is 14.5 Å². The fourth-order valence-electron chi connectivity index (χ4n) is 4.53. The van der Waals surface area contributed by atoms with E-state index < -0.39 is 11.9 Å². The number of carbonyl (C=O) groups excluding carboxylic acids is 1. The SMILES string of the molecule is C=CCOc1ccc(C2c3c(oc4cc(C)c(C)cc4c3=O)C(=O)N2c2nc(C)c(C)s2)cc1OCC. The van der Waals surface area contributed by atoms with Crippen LogP contribution in [0.5, 0.6) is 11.5 Å². The molecule has 0 radical (unpaired) electrons. The first-order valence-electron chi connectivity index (χ1n) is 12.1. The minimum atomic E-state index is -0.734. The Morgan fingerprint density at radius 2 is 1.84 bits per heavy atom. The third-order valence-corrected chi connectivity index (χ3v) is 7.72. The number of rotatable bonds is 7. The second kappa shape index (κ2) is 9.52. The van der Waals surface area contributed by atoms with Crippen LogP contribution in [0.2, 0.25) is 0 Å². The third kappa shape index (κ3) is 4.11. The summed E-state index contributed by atoms with van der Waals surface area (Å²) in [6.45, 7) is 14.1. The van der Waals surface area contributed by atoms with Gasteiger partial charge in [-0.15, -0.1) is 11.3 Å². The van der Waals surface area contributed by atoms with E-state index in [0.29, 0.717) is 51.9 Å². The van der Waals surface area contributed by atoms with Gasteiger partial charge in [-0.25, -0.2) is 4.98 Å². The molecule has 1 unspecified atom stereocenters. The van der Waals surface area contributed by atoms with Crippen molar-refractivity contribution >= 4 is 33.3 Å². The summed E-state index contributed by atoms with van der Waals surface area (Å²) in [5.41, 5.74) is 3.96. The fourth-order valence-corrected chi connectivity index (χ4v) is 5.47. The first kappa shape index (κ1) is 24.8. The van der Waals surface area contributed by atoms with Gasteiger partial charge in [0.2, 0.25) is 5.76 Å². The molecule has 37 heavy (non-hydrogen) atoms. The maximum atomic E-state index is 14.0. The van der Waals surface area contributed by atoms with Gasteiger partial charge in [-0.05, 0) is 75.6 Å². The van der Waals surface area contributed by atoms with Crippen molar-refractivity contribution in [2.45, 2.75) is 40.7 Å². The molecule has 0 saturated carbocycles. The molecular weight excluding hydrogens is 488 g/mol. The van der Waals surface area contributed by atoms with Gasteiger partial charge in [0.1, 0.15) is 12.2 Å². The van der Waals surface area contributed by atoms with E-state index in [9.17, 15) is 9.59 Å². The van der Waals surface area contributed by atoms with Crippen LogP contribution in [0.3, 0.4) is 0 Å². The summed E-state index contributed by atoms with van der Waals surface area (Å²) in [7, 11) is 0. The molecule has 2 aromatic heterocycles. The second-order valence-electron chi connectivity index (χ2n) is 9.06. The van der Waals surface area contributed by atoms with E-state index in [1.165, 1.54) is 11.3 Å². The number of anilines is 1. The summed E-state index contributed by atoms with van der Waals surface area (Å²) >= 11 is 1.41. The molecule has 4 aromatic rings. The molecule has 0 bridgehead atoms. The molecule has 0 fully saturated rings. The lowest BCUT2D eigenvalue weighted by molar-refractivity contribution is 0.0971. The summed E-state index contributed by atoms with van der Waals surface area (Å²) in [5.74, 6) is 0.724. The maximum Gasteiger partial charge on any atom is 0.297 e. The van der Waals surface area contributed by atoms with Gasteiger partial charge in [0.15, 0.2) is 22.1 Å². The number of aryl methyl sites for hydroxylation is 4. The summed E-state index contributed by atoms with van der Waals surface area (Å²) in [6.07, 6.45) is 1.66. The molecule has 0 N–H and O–H groups in total. The number of hydrogen-bond donors (Lipinski definition) is 0. The topological polar surface area (TPSA) is 81.9 Å². The van der Waals surface area contributed by atoms with Gasteiger partial charge in [0, 0.05) is 4.88 Å². The molecule has 1 aliphatic rings. The zero-order valence-electron chi connectivity index (χ0n) is 21.5. The third-order valence-electron chi connectivity index (χ3n) is 6.65. The van der Waals surface area contributed by atoms with Gasteiger partial charge in [0.25, 0.3) is 5.91 Å². The van der Waals surface area contributed by atoms with E-state index in [1.807, 2.05) is 58.9 Å². The van der Waals surface area contributed by atoms with Crippen LogP contribution in [0, 0.1) is 27.7 Å². The minimum absolute atomic E-state index is 0.0428. The van der Waals surface area contributed by atoms with E-state index in [0.717, 1.165) is 21.7 Å². The number of thiazole rings is 1. The van der Waals surface area contributed by atoms with Gasteiger partial charge < -0.3 is 13.9 Å². The maximum absolute atomic E-state index is 14.0. The molecule has 1 atom stereocenters. The number of carbonyl (C=O) groups is 1. The van der Waals surface area contributed by atoms with Gasteiger partial charge >= 0.3 is 0 Å².